The number of benzene rings is 1. The number of ether oxygens (including phenoxy) is 2. The SMILES string of the molecule is CCOc1c(N)cccc1C(=O)OCCc1cccs1. The van der Waals surface area contributed by atoms with Gasteiger partial charge in [0.25, 0.3) is 0 Å². The number of esters is 1. The second-order valence-corrected chi connectivity index (χ2v) is 5.15. The summed E-state index contributed by atoms with van der Waals surface area (Å²) in [4.78, 5) is 13.3. The van der Waals surface area contributed by atoms with E-state index >= 15 is 0 Å². The fourth-order valence-electron chi connectivity index (χ4n) is 1.80. The van der Waals surface area contributed by atoms with Crippen molar-refractivity contribution in [3.05, 3.63) is 46.2 Å². The van der Waals surface area contributed by atoms with E-state index in [2.05, 4.69) is 0 Å². The van der Waals surface area contributed by atoms with Gasteiger partial charge >= 0.3 is 5.97 Å². The minimum absolute atomic E-state index is 0.347. The summed E-state index contributed by atoms with van der Waals surface area (Å²) in [7, 11) is 0. The van der Waals surface area contributed by atoms with Crippen molar-refractivity contribution in [2.75, 3.05) is 18.9 Å². The van der Waals surface area contributed by atoms with Crippen molar-refractivity contribution in [1.29, 1.82) is 0 Å². The van der Waals surface area contributed by atoms with Gasteiger partial charge in [-0.1, -0.05) is 12.1 Å². The van der Waals surface area contributed by atoms with Crippen LogP contribution in [-0.2, 0) is 11.2 Å². The number of carbonyl (C=O) groups is 1. The zero-order chi connectivity index (χ0) is 14.4. The van der Waals surface area contributed by atoms with Crippen molar-refractivity contribution in [3.8, 4) is 5.75 Å². The lowest BCUT2D eigenvalue weighted by Crippen LogP contribution is -2.11. The predicted octanol–water partition coefficient (Wildman–Crippen LogP) is 3.13. The van der Waals surface area contributed by atoms with Crippen molar-refractivity contribution in [1.82, 2.24) is 0 Å². The van der Waals surface area contributed by atoms with Crippen LogP contribution in [0.5, 0.6) is 5.75 Å². The largest absolute Gasteiger partial charge is 0.491 e. The molecule has 1 aromatic carbocycles. The molecule has 0 aliphatic carbocycles. The number of para-hydroxylation sites is 1. The number of nitrogens with two attached hydrogens (primary N) is 1. The lowest BCUT2D eigenvalue weighted by molar-refractivity contribution is 0.0505. The van der Waals surface area contributed by atoms with E-state index in [0.717, 1.165) is 6.42 Å². The number of anilines is 1. The fourth-order valence-corrected chi connectivity index (χ4v) is 2.49. The van der Waals surface area contributed by atoms with Gasteiger partial charge < -0.3 is 15.2 Å². The van der Waals surface area contributed by atoms with Crippen LogP contribution in [0, 0.1) is 0 Å². The van der Waals surface area contributed by atoms with Crippen LogP contribution in [-0.4, -0.2) is 19.2 Å². The first-order chi connectivity index (χ1) is 9.72. The van der Waals surface area contributed by atoms with Crippen LogP contribution in [0.3, 0.4) is 0 Å². The van der Waals surface area contributed by atoms with Crippen molar-refractivity contribution >= 4 is 23.0 Å². The second kappa shape index (κ2) is 6.96. The molecule has 1 heterocycles. The highest BCUT2D eigenvalue weighted by Gasteiger charge is 2.16. The molecule has 2 rings (SSSR count). The van der Waals surface area contributed by atoms with Crippen LogP contribution in [0.1, 0.15) is 22.2 Å². The summed E-state index contributed by atoms with van der Waals surface area (Å²) in [6.45, 7) is 2.64. The predicted molar refractivity (Wildman–Crippen MR) is 80.3 cm³/mol. The summed E-state index contributed by atoms with van der Waals surface area (Å²) >= 11 is 1.65. The highest BCUT2D eigenvalue weighted by atomic mass is 32.1. The number of nitrogen functional groups attached to an aromatic ring is 1. The van der Waals surface area contributed by atoms with E-state index in [1.165, 1.54) is 4.88 Å². The number of carbonyl (C=O) groups excluding carboxylic acids is 1. The van der Waals surface area contributed by atoms with Crippen molar-refractivity contribution in [3.63, 3.8) is 0 Å². The molecule has 5 heteroatoms. The number of hydrogen-bond acceptors (Lipinski definition) is 5. The van der Waals surface area contributed by atoms with Gasteiger partial charge in [0.05, 0.1) is 18.9 Å². The Hall–Kier alpha value is -2.01. The third-order valence-corrected chi connectivity index (χ3v) is 3.65. The molecule has 0 aliphatic rings. The van der Waals surface area contributed by atoms with E-state index in [9.17, 15) is 4.79 Å². The molecule has 106 valence electrons. The number of rotatable bonds is 6. The molecule has 0 fully saturated rings. The maximum atomic E-state index is 12.1. The molecule has 0 saturated carbocycles. The molecule has 20 heavy (non-hydrogen) atoms. The zero-order valence-corrected chi connectivity index (χ0v) is 12.1. The Labute approximate surface area is 122 Å². The molecule has 0 aliphatic heterocycles. The summed E-state index contributed by atoms with van der Waals surface area (Å²) in [5.74, 6) is -0.00608. The minimum atomic E-state index is -0.405. The van der Waals surface area contributed by atoms with Gasteiger partial charge in [-0.3, -0.25) is 0 Å². The highest BCUT2D eigenvalue weighted by molar-refractivity contribution is 7.09. The average Bonchev–Trinajstić information content (AvgIpc) is 2.94. The summed E-state index contributed by atoms with van der Waals surface area (Å²) in [6, 6.07) is 9.08. The van der Waals surface area contributed by atoms with Crippen molar-refractivity contribution in [2.45, 2.75) is 13.3 Å². The maximum Gasteiger partial charge on any atom is 0.342 e. The lowest BCUT2D eigenvalue weighted by Gasteiger charge is -2.12. The van der Waals surface area contributed by atoms with E-state index in [1.54, 1.807) is 29.5 Å². The van der Waals surface area contributed by atoms with Crippen molar-refractivity contribution in [2.24, 2.45) is 0 Å². The summed E-state index contributed by atoms with van der Waals surface area (Å²) in [5.41, 5.74) is 6.64. The maximum absolute atomic E-state index is 12.1. The summed E-state index contributed by atoms with van der Waals surface area (Å²) < 4.78 is 10.7. The van der Waals surface area contributed by atoms with E-state index in [0.29, 0.717) is 30.2 Å². The Morgan fingerprint density at radius 2 is 2.15 bits per heavy atom. The Balaban J connectivity index is 1.99. The van der Waals surface area contributed by atoms with Gasteiger partial charge in [-0.05, 0) is 30.5 Å². The third-order valence-electron chi connectivity index (χ3n) is 2.72. The quantitative estimate of drug-likeness (QED) is 0.656. The summed E-state index contributed by atoms with van der Waals surface area (Å²) in [6.07, 6.45) is 0.718. The zero-order valence-electron chi connectivity index (χ0n) is 11.3. The highest BCUT2D eigenvalue weighted by Crippen LogP contribution is 2.27. The number of thiophene rings is 1. The van der Waals surface area contributed by atoms with E-state index < -0.39 is 5.97 Å². The van der Waals surface area contributed by atoms with E-state index in [4.69, 9.17) is 15.2 Å². The third kappa shape index (κ3) is 3.51. The van der Waals surface area contributed by atoms with Crippen LogP contribution in [0.15, 0.2) is 35.7 Å². The number of hydrogen-bond donors (Lipinski definition) is 1. The monoisotopic (exact) mass is 291 g/mol. The van der Waals surface area contributed by atoms with Crippen molar-refractivity contribution < 1.29 is 14.3 Å². The molecular formula is C15H17NO3S. The van der Waals surface area contributed by atoms with Gasteiger partial charge in [0, 0.05) is 11.3 Å². The van der Waals surface area contributed by atoms with Gasteiger partial charge in [-0.15, -0.1) is 11.3 Å². The van der Waals surface area contributed by atoms with Crippen LogP contribution in [0.4, 0.5) is 5.69 Å². The fraction of sp³-hybridized carbons (Fsp3) is 0.267. The smallest absolute Gasteiger partial charge is 0.342 e. The molecule has 1 aromatic heterocycles. The normalized spacial score (nSPS) is 10.2. The molecule has 0 atom stereocenters. The molecule has 0 bridgehead atoms. The summed E-state index contributed by atoms with van der Waals surface area (Å²) in [5, 5.41) is 2.00. The van der Waals surface area contributed by atoms with Gasteiger partial charge in [0.15, 0.2) is 5.75 Å². The van der Waals surface area contributed by atoms with Crippen LogP contribution >= 0.6 is 11.3 Å². The lowest BCUT2D eigenvalue weighted by atomic mass is 10.1. The van der Waals surface area contributed by atoms with E-state index in [1.807, 2.05) is 24.4 Å². The average molecular weight is 291 g/mol. The van der Waals surface area contributed by atoms with Crippen LogP contribution < -0.4 is 10.5 Å². The molecule has 0 radical (unpaired) electrons. The molecule has 2 aromatic rings. The Morgan fingerprint density at radius 3 is 2.85 bits per heavy atom. The first kappa shape index (κ1) is 14.4. The minimum Gasteiger partial charge on any atom is -0.491 e. The molecule has 4 nitrogen and oxygen atoms in total. The van der Waals surface area contributed by atoms with E-state index in [-0.39, 0.29) is 0 Å². The topological polar surface area (TPSA) is 61.5 Å². The van der Waals surface area contributed by atoms with Crippen LogP contribution in [0.2, 0.25) is 0 Å². The molecule has 2 N–H and O–H groups in total. The second-order valence-electron chi connectivity index (χ2n) is 4.12. The van der Waals surface area contributed by atoms with Gasteiger partial charge in [-0.2, -0.15) is 0 Å². The Morgan fingerprint density at radius 1 is 1.30 bits per heavy atom. The molecular weight excluding hydrogens is 274 g/mol. The molecule has 0 saturated heterocycles. The Bertz CT molecular complexity index is 567. The first-order valence-corrected chi connectivity index (χ1v) is 7.31. The first-order valence-electron chi connectivity index (χ1n) is 6.43. The van der Waals surface area contributed by atoms with Gasteiger partial charge in [0.1, 0.15) is 5.56 Å². The molecule has 0 unspecified atom stereocenters. The Kier molecular flexibility index (Phi) is 5.01. The standard InChI is InChI=1S/C15H17NO3S/c1-2-18-14-12(6-3-7-13(14)16)15(17)19-9-8-11-5-4-10-20-11/h3-7,10H,2,8-9,16H2,1H3. The van der Waals surface area contributed by atoms with Gasteiger partial charge in [-0.25, -0.2) is 4.79 Å². The van der Waals surface area contributed by atoms with Gasteiger partial charge in [0.2, 0.25) is 0 Å². The molecule has 0 spiro atoms. The molecule has 0 amide bonds. The van der Waals surface area contributed by atoms with Crippen LogP contribution in [0.25, 0.3) is 0 Å².